The van der Waals surface area contributed by atoms with Crippen LogP contribution in [-0.2, 0) is 22.4 Å². The number of nitrogens with zero attached hydrogens (tertiary/aromatic N) is 1. The first kappa shape index (κ1) is 14.7. The summed E-state index contributed by atoms with van der Waals surface area (Å²) >= 11 is 0. The Kier molecular flexibility index (Phi) is 3.40. The van der Waals surface area contributed by atoms with Crippen LogP contribution in [0.15, 0.2) is 40.5 Å². The van der Waals surface area contributed by atoms with Crippen LogP contribution < -0.4 is 0 Å². The van der Waals surface area contributed by atoms with Crippen molar-refractivity contribution in [2.75, 3.05) is 0 Å². The lowest BCUT2D eigenvalue weighted by Gasteiger charge is -2.34. The van der Waals surface area contributed by atoms with Crippen molar-refractivity contribution in [3.8, 4) is 0 Å². The van der Waals surface area contributed by atoms with Gasteiger partial charge in [0.25, 0.3) is 0 Å². The average Bonchev–Trinajstić information content (AvgIpc) is 2.80. The van der Waals surface area contributed by atoms with Crippen molar-refractivity contribution in [3.63, 3.8) is 0 Å². The van der Waals surface area contributed by atoms with E-state index in [2.05, 4.69) is 29.3 Å². The molecular weight excluding hydrogens is 286 g/mol. The van der Waals surface area contributed by atoms with Crippen molar-refractivity contribution >= 4 is 12.2 Å². The van der Waals surface area contributed by atoms with Crippen molar-refractivity contribution in [1.82, 2.24) is 0 Å². The summed E-state index contributed by atoms with van der Waals surface area (Å²) in [5.74, 6) is 0.618. The molecule has 1 aliphatic carbocycles. The number of fused-ring (bicyclic) bond motifs is 1. The molecule has 23 heavy (non-hydrogen) atoms. The van der Waals surface area contributed by atoms with Crippen molar-refractivity contribution in [1.29, 1.82) is 0 Å². The van der Waals surface area contributed by atoms with E-state index >= 15 is 0 Å². The first-order chi connectivity index (χ1) is 11.0. The molecule has 2 heterocycles. The number of ether oxygens (including phenoxy) is 1. The van der Waals surface area contributed by atoms with E-state index in [-0.39, 0.29) is 11.9 Å². The molecule has 0 N–H and O–H groups in total. The van der Waals surface area contributed by atoms with Crippen LogP contribution >= 0.6 is 0 Å². The molecule has 1 aromatic rings. The van der Waals surface area contributed by atoms with Gasteiger partial charge in [0, 0.05) is 12.6 Å². The number of carbonyl (C=O) groups is 1. The van der Waals surface area contributed by atoms with Crippen LogP contribution in [0, 0.1) is 11.8 Å². The van der Waals surface area contributed by atoms with Gasteiger partial charge in [0.05, 0.1) is 11.3 Å². The Labute approximate surface area is 137 Å². The predicted octanol–water partition coefficient (Wildman–Crippen LogP) is 3.86. The molecule has 0 bridgehead atoms. The second kappa shape index (κ2) is 5.33. The minimum atomic E-state index is -0.444. The van der Waals surface area contributed by atoms with Crippen LogP contribution in [0.4, 0.5) is 0 Å². The van der Waals surface area contributed by atoms with E-state index in [0.717, 1.165) is 43.4 Å². The molecule has 0 saturated carbocycles. The van der Waals surface area contributed by atoms with E-state index in [9.17, 15) is 4.79 Å². The fraction of sp³-hybridized carbons (Fsp3) is 0.500. The summed E-state index contributed by atoms with van der Waals surface area (Å²) in [4.78, 5) is 17.3. The van der Waals surface area contributed by atoms with Gasteiger partial charge < -0.3 is 4.74 Å². The standard InChI is InChI=1S/C20H23NO2/c1-20(2)12-17-18(19(22)23-20)16(8-5-9-21-17)15-10-13-6-3-4-7-14(13)11-15/h3-4,6-7,9,15-16H,5,8,10-12H2,1-2H3. The highest BCUT2D eigenvalue weighted by molar-refractivity contribution is 5.92. The van der Waals surface area contributed by atoms with Crippen LogP contribution in [0.2, 0.25) is 0 Å². The predicted molar refractivity (Wildman–Crippen MR) is 90.4 cm³/mol. The zero-order chi connectivity index (χ0) is 16.0. The number of rotatable bonds is 1. The maximum absolute atomic E-state index is 12.7. The molecule has 3 aliphatic rings. The molecule has 1 atom stereocenters. The lowest BCUT2D eigenvalue weighted by Crippen LogP contribution is -2.37. The lowest BCUT2D eigenvalue weighted by molar-refractivity contribution is -0.154. The van der Waals surface area contributed by atoms with Crippen LogP contribution in [0.1, 0.15) is 44.2 Å². The summed E-state index contributed by atoms with van der Waals surface area (Å²) in [7, 11) is 0. The van der Waals surface area contributed by atoms with Crippen molar-refractivity contribution in [2.24, 2.45) is 16.8 Å². The second-order valence-corrected chi connectivity index (χ2v) is 7.62. The molecule has 1 aromatic carbocycles. The number of cyclic esters (lactones) is 1. The van der Waals surface area contributed by atoms with Crippen LogP contribution in [0.5, 0.6) is 0 Å². The maximum atomic E-state index is 12.7. The third kappa shape index (κ3) is 2.62. The second-order valence-electron chi connectivity index (χ2n) is 7.62. The van der Waals surface area contributed by atoms with Gasteiger partial charge in [-0.15, -0.1) is 0 Å². The van der Waals surface area contributed by atoms with Gasteiger partial charge in [-0.2, -0.15) is 0 Å². The van der Waals surface area contributed by atoms with Gasteiger partial charge in [0.2, 0.25) is 0 Å². The molecule has 0 spiro atoms. The minimum Gasteiger partial charge on any atom is -0.456 e. The molecule has 0 amide bonds. The van der Waals surface area contributed by atoms with E-state index in [1.165, 1.54) is 11.1 Å². The zero-order valence-corrected chi connectivity index (χ0v) is 13.8. The van der Waals surface area contributed by atoms with E-state index in [1.54, 1.807) is 0 Å². The number of esters is 1. The Morgan fingerprint density at radius 3 is 2.57 bits per heavy atom. The molecule has 3 nitrogen and oxygen atoms in total. The van der Waals surface area contributed by atoms with Crippen LogP contribution in [0.3, 0.4) is 0 Å². The Balaban J connectivity index is 1.68. The summed E-state index contributed by atoms with van der Waals surface area (Å²) < 4.78 is 5.69. The van der Waals surface area contributed by atoms with Gasteiger partial charge in [-0.05, 0) is 62.5 Å². The van der Waals surface area contributed by atoms with Gasteiger partial charge in [-0.1, -0.05) is 24.3 Å². The highest BCUT2D eigenvalue weighted by Gasteiger charge is 2.41. The van der Waals surface area contributed by atoms with Gasteiger partial charge in [0.1, 0.15) is 5.60 Å². The van der Waals surface area contributed by atoms with E-state index in [0.29, 0.717) is 5.92 Å². The molecule has 0 radical (unpaired) electrons. The van der Waals surface area contributed by atoms with Gasteiger partial charge in [0.15, 0.2) is 0 Å². The van der Waals surface area contributed by atoms with Crippen LogP contribution in [-0.4, -0.2) is 17.8 Å². The first-order valence-corrected chi connectivity index (χ1v) is 8.59. The molecule has 1 unspecified atom stereocenters. The summed E-state index contributed by atoms with van der Waals surface area (Å²) in [6, 6.07) is 8.67. The smallest absolute Gasteiger partial charge is 0.336 e. The van der Waals surface area contributed by atoms with E-state index in [1.807, 2.05) is 20.1 Å². The third-order valence-electron chi connectivity index (χ3n) is 5.37. The summed E-state index contributed by atoms with van der Waals surface area (Å²) in [5, 5.41) is 0. The van der Waals surface area contributed by atoms with E-state index in [4.69, 9.17) is 4.74 Å². The molecule has 3 heteroatoms. The highest BCUT2D eigenvalue weighted by Crippen LogP contribution is 2.43. The Hall–Kier alpha value is -1.90. The summed E-state index contributed by atoms with van der Waals surface area (Å²) in [6.45, 7) is 3.94. The normalized spacial score (nSPS) is 26.5. The minimum absolute atomic E-state index is 0.142. The average molecular weight is 309 g/mol. The highest BCUT2D eigenvalue weighted by atomic mass is 16.6. The molecule has 0 fully saturated rings. The number of aliphatic imine (C=N–C) groups is 1. The maximum Gasteiger partial charge on any atom is 0.336 e. The Bertz CT molecular complexity index is 689. The molecule has 0 saturated heterocycles. The number of hydrogen-bond donors (Lipinski definition) is 0. The van der Waals surface area contributed by atoms with E-state index < -0.39 is 5.60 Å². The fourth-order valence-corrected chi connectivity index (χ4v) is 4.36. The first-order valence-electron chi connectivity index (χ1n) is 8.59. The fourth-order valence-electron chi connectivity index (χ4n) is 4.36. The quantitative estimate of drug-likeness (QED) is 0.739. The van der Waals surface area contributed by atoms with Gasteiger partial charge in [-0.3, -0.25) is 4.99 Å². The molecule has 2 aliphatic heterocycles. The lowest BCUT2D eigenvalue weighted by atomic mass is 9.78. The number of carbonyl (C=O) groups excluding carboxylic acids is 1. The molecule has 4 rings (SSSR count). The summed E-state index contributed by atoms with van der Waals surface area (Å²) in [6.07, 6.45) is 6.78. The summed E-state index contributed by atoms with van der Waals surface area (Å²) in [5.41, 5.74) is 4.25. The Morgan fingerprint density at radius 2 is 1.87 bits per heavy atom. The number of hydrogen-bond acceptors (Lipinski definition) is 3. The van der Waals surface area contributed by atoms with Crippen molar-refractivity contribution < 1.29 is 9.53 Å². The van der Waals surface area contributed by atoms with Gasteiger partial charge >= 0.3 is 5.97 Å². The molecule has 0 aromatic heterocycles. The van der Waals surface area contributed by atoms with Gasteiger partial charge in [-0.25, -0.2) is 4.79 Å². The SMILES string of the molecule is CC1(C)CC2=C(C(=O)O1)C(C1Cc3ccccc3C1)CCC=N2. The van der Waals surface area contributed by atoms with Crippen LogP contribution in [0.25, 0.3) is 0 Å². The third-order valence-corrected chi connectivity index (χ3v) is 5.37. The van der Waals surface area contributed by atoms with Crippen molar-refractivity contribution in [2.45, 2.75) is 51.6 Å². The molecular formula is C20H23NO2. The zero-order valence-electron chi connectivity index (χ0n) is 13.8. The monoisotopic (exact) mass is 309 g/mol. The number of benzene rings is 1. The van der Waals surface area contributed by atoms with Crippen molar-refractivity contribution in [3.05, 3.63) is 46.7 Å². The topological polar surface area (TPSA) is 38.7 Å². The Morgan fingerprint density at radius 1 is 1.17 bits per heavy atom. The largest absolute Gasteiger partial charge is 0.456 e. The molecule has 120 valence electrons.